The number of nitrogens with zero attached hydrogens (tertiary/aromatic N) is 2. The molecule has 0 spiro atoms. The number of rotatable bonds is 8. The van der Waals surface area contributed by atoms with Crippen molar-refractivity contribution in [1.82, 2.24) is 15.8 Å². The van der Waals surface area contributed by atoms with Gasteiger partial charge in [0.2, 0.25) is 0 Å². The fraction of sp³-hybridized carbons (Fsp3) is 0.318. The lowest BCUT2D eigenvalue weighted by Gasteiger charge is -2.21. The zero-order valence-corrected chi connectivity index (χ0v) is 18.4. The molecule has 1 aromatic heterocycles. The first-order valence-corrected chi connectivity index (χ1v) is 10.9. The highest BCUT2D eigenvalue weighted by Crippen LogP contribution is 2.20. The zero-order chi connectivity index (χ0) is 21.5. The lowest BCUT2D eigenvalue weighted by Crippen LogP contribution is -3.09. The fourth-order valence-corrected chi connectivity index (χ4v) is 4.33. The monoisotopic (exact) mass is 426 g/mol. The summed E-state index contributed by atoms with van der Waals surface area (Å²) in [6.07, 6.45) is 0. The van der Waals surface area contributed by atoms with Gasteiger partial charge in [-0.25, -0.2) is 4.98 Å². The Bertz CT molecular complexity index is 965. The Morgan fingerprint density at radius 1 is 1.03 bits per heavy atom. The van der Waals surface area contributed by atoms with Crippen molar-refractivity contribution in [2.24, 2.45) is 0 Å². The van der Waals surface area contributed by atoms with Crippen LogP contribution >= 0.6 is 11.3 Å². The number of carbonyl (C=O) groups is 2. The Morgan fingerprint density at radius 3 is 2.40 bits per heavy atom. The van der Waals surface area contributed by atoms with Crippen LogP contribution in [0.5, 0.6) is 0 Å². The van der Waals surface area contributed by atoms with Crippen LogP contribution < -0.4 is 20.7 Å². The minimum atomic E-state index is -0.335. The molecular formula is C22H28N5O2S+. The third-order valence-electron chi connectivity index (χ3n) is 4.83. The summed E-state index contributed by atoms with van der Waals surface area (Å²) in [5.74, 6) is -0.583. The van der Waals surface area contributed by atoms with Gasteiger partial charge < -0.3 is 9.80 Å². The van der Waals surface area contributed by atoms with Gasteiger partial charge in [0.05, 0.1) is 17.3 Å². The van der Waals surface area contributed by atoms with E-state index in [-0.39, 0.29) is 18.4 Å². The summed E-state index contributed by atoms with van der Waals surface area (Å²) in [6, 6.07) is 15.4. The predicted octanol–water partition coefficient (Wildman–Crippen LogP) is 1.62. The minimum Gasteiger partial charge on any atom is -0.372 e. The molecule has 0 saturated heterocycles. The Labute approximate surface area is 180 Å². The second-order valence-electron chi connectivity index (χ2n) is 7.11. The molecule has 3 aromatic rings. The van der Waals surface area contributed by atoms with Gasteiger partial charge >= 0.3 is 0 Å². The molecular weight excluding hydrogens is 398 g/mol. The molecule has 0 aliphatic heterocycles. The summed E-state index contributed by atoms with van der Waals surface area (Å²) in [4.78, 5) is 32.3. The molecule has 30 heavy (non-hydrogen) atoms. The van der Waals surface area contributed by atoms with Crippen molar-refractivity contribution in [2.45, 2.75) is 20.4 Å². The molecule has 0 radical (unpaired) electrons. The number of hydrazine groups is 1. The highest BCUT2D eigenvalue weighted by Gasteiger charge is 2.14. The van der Waals surface area contributed by atoms with Crippen LogP contribution in [-0.2, 0) is 11.3 Å². The van der Waals surface area contributed by atoms with Gasteiger partial charge in [0.1, 0.15) is 11.6 Å². The number of benzene rings is 2. The smallest absolute Gasteiger partial charge is 0.293 e. The van der Waals surface area contributed by atoms with Crippen LogP contribution in [-0.4, -0.2) is 43.5 Å². The zero-order valence-electron chi connectivity index (χ0n) is 17.6. The van der Waals surface area contributed by atoms with E-state index in [1.807, 2.05) is 43.4 Å². The number of amides is 2. The van der Waals surface area contributed by atoms with Crippen molar-refractivity contribution in [1.29, 1.82) is 0 Å². The third kappa shape index (κ3) is 5.55. The number of nitrogens with one attached hydrogen (secondary N) is 3. The van der Waals surface area contributed by atoms with Crippen molar-refractivity contribution in [3.63, 3.8) is 0 Å². The van der Waals surface area contributed by atoms with E-state index < -0.39 is 0 Å². The first-order valence-electron chi connectivity index (χ1n) is 10.1. The van der Waals surface area contributed by atoms with Crippen LogP contribution in [0.1, 0.15) is 29.2 Å². The molecule has 8 heteroatoms. The van der Waals surface area contributed by atoms with Gasteiger partial charge in [0.15, 0.2) is 6.54 Å². The molecule has 1 atom stereocenters. The standard InChI is InChI=1S/C22H27N5O2S/c1-4-27(5-2)17-12-10-16(11-13-17)22(29)25-24-20(28)14-26(3)15-21-23-18-8-6-7-9-19(18)30-21/h6-13H,4-5,14-15H2,1-3H3,(H,24,28)(H,25,29)/p+1. The number of para-hydroxylation sites is 1. The van der Waals surface area contributed by atoms with Crippen molar-refractivity contribution < 1.29 is 14.5 Å². The molecule has 2 aromatic carbocycles. The molecule has 2 amide bonds. The van der Waals surface area contributed by atoms with Crippen LogP contribution in [0.4, 0.5) is 5.69 Å². The minimum absolute atomic E-state index is 0.233. The highest BCUT2D eigenvalue weighted by molar-refractivity contribution is 7.18. The molecule has 1 unspecified atom stereocenters. The first kappa shape index (κ1) is 21.7. The lowest BCUT2D eigenvalue weighted by atomic mass is 10.2. The third-order valence-corrected chi connectivity index (χ3v) is 5.86. The van der Waals surface area contributed by atoms with Crippen molar-refractivity contribution in [3.8, 4) is 0 Å². The number of likely N-dealkylation sites (N-methyl/N-ethyl adjacent to an activating group) is 1. The van der Waals surface area contributed by atoms with Gasteiger partial charge in [-0.2, -0.15) is 0 Å². The number of fused-ring (bicyclic) bond motifs is 1. The second kappa shape index (κ2) is 10.2. The summed E-state index contributed by atoms with van der Waals surface area (Å²) in [5, 5.41) is 0.985. The molecule has 158 valence electrons. The largest absolute Gasteiger partial charge is 0.372 e. The number of hydrogen-bond acceptors (Lipinski definition) is 5. The molecule has 7 nitrogen and oxygen atoms in total. The SMILES string of the molecule is CCN(CC)c1ccc(C(=O)NNC(=O)C[NH+](C)Cc2nc3ccccc3s2)cc1. The maximum Gasteiger partial charge on any atom is 0.293 e. The molecule has 1 heterocycles. The fourth-order valence-electron chi connectivity index (χ4n) is 3.25. The van der Waals surface area contributed by atoms with Crippen LogP contribution in [0.25, 0.3) is 10.2 Å². The number of thiazole rings is 1. The first-order chi connectivity index (χ1) is 14.5. The number of aromatic nitrogens is 1. The summed E-state index contributed by atoms with van der Waals surface area (Å²) in [5.41, 5.74) is 7.54. The van der Waals surface area contributed by atoms with Crippen LogP contribution in [0, 0.1) is 0 Å². The Morgan fingerprint density at radius 2 is 1.73 bits per heavy atom. The number of hydrogen-bond donors (Lipinski definition) is 3. The highest BCUT2D eigenvalue weighted by atomic mass is 32.1. The summed E-state index contributed by atoms with van der Waals surface area (Å²) < 4.78 is 1.14. The van der Waals surface area contributed by atoms with E-state index in [0.29, 0.717) is 12.1 Å². The van der Waals surface area contributed by atoms with Gasteiger partial charge in [-0.15, -0.1) is 11.3 Å². The van der Waals surface area contributed by atoms with E-state index in [0.717, 1.165) is 38.9 Å². The molecule has 0 aliphatic carbocycles. The molecule has 3 rings (SSSR count). The molecule has 0 fully saturated rings. The summed E-state index contributed by atoms with van der Waals surface area (Å²) in [7, 11) is 1.93. The topological polar surface area (TPSA) is 78.8 Å². The van der Waals surface area contributed by atoms with Gasteiger partial charge in [0.25, 0.3) is 11.8 Å². The Hall–Kier alpha value is -2.97. The van der Waals surface area contributed by atoms with E-state index in [1.54, 1.807) is 23.5 Å². The van der Waals surface area contributed by atoms with E-state index in [9.17, 15) is 9.59 Å². The predicted molar refractivity (Wildman–Crippen MR) is 121 cm³/mol. The molecule has 0 aliphatic rings. The van der Waals surface area contributed by atoms with E-state index >= 15 is 0 Å². The van der Waals surface area contributed by atoms with Crippen LogP contribution in [0.2, 0.25) is 0 Å². The van der Waals surface area contributed by atoms with Crippen LogP contribution in [0.3, 0.4) is 0 Å². The number of carbonyl (C=O) groups excluding carboxylic acids is 2. The molecule has 3 N–H and O–H groups in total. The maximum atomic E-state index is 12.3. The second-order valence-corrected chi connectivity index (χ2v) is 8.22. The average molecular weight is 427 g/mol. The number of anilines is 1. The quantitative estimate of drug-likeness (QED) is 0.479. The van der Waals surface area contributed by atoms with Gasteiger partial charge in [-0.3, -0.25) is 20.4 Å². The Balaban J connectivity index is 1.46. The lowest BCUT2D eigenvalue weighted by molar-refractivity contribution is -0.885. The molecule has 0 bridgehead atoms. The number of quaternary nitrogens is 1. The van der Waals surface area contributed by atoms with Crippen molar-refractivity contribution in [2.75, 3.05) is 31.6 Å². The van der Waals surface area contributed by atoms with Gasteiger partial charge in [-0.1, -0.05) is 12.1 Å². The van der Waals surface area contributed by atoms with E-state index in [1.165, 1.54) is 0 Å². The normalized spacial score (nSPS) is 11.8. The van der Waals surface area contributed by atoms with E-state index in [2.05, 4.69) is 34.6 Å². The van der Waals surface area contributed by atoms with E-state index in [4.69, 9.17) is 0 Å². The van der Waals surface area contributed by atoms with Crippen LogP contribution in [0.15, 0.2) is 48.5 Å². The summed E-state index contributed by atoms with van der Waals surface area (Å²) in [6.45, 7) is 6.88. The van der Waals surface area contributed by atoms with Crippen molar-refractivity contribution in [3.05, 3.63) is 59.1 Å². The van der Waals surface area contributed by atoms with Gasteiger partial charge in [-0.05, 0) is 50.2 Å². The average Bonchev–Trinajstić information content (AvgIpc) is 3.15. The molecule has 0 saturated carbocycles. The van der Waals surface area contributed by atoms with Crippen molar-refractivity contribution >= 4 is 39.1 Å². The van der Waals surface area contributed by atoms with Gasteiger partial charge in [0, 0.05) is 24.3 Å². The maximum absolute atomic E-state index is 12.3. The summed E-state index contributed by atoms with van der Waals surface area (Å²) >= 11 is 1.64. The Kier molecular flexibility index (Phi) is 7.37.